The molecule has 8 heteroatoms. The van der Waals surface area contributed by atoms with Crippen LogP contribution in [-0.4, -0.2) is 26.7 Å². The lowest BCUT2D eigenvalue weighted by Gasteiger charge is -2.18. The number of nitriles is 1. The summed E-state index contributed by atoms with van der Waals surface area (Å²) in [4.78, 5) is 16.8. The highest BCUT2D eigenvalue weighted by atomic mass is 16.6. The van der Waals surface area contributed by atoms with Gasteiger partial charge >= 0.3 is 0 Å². The number of nitro benzene ring substituents is 1. The summed E-state index contributed by atoms with van der Waals surface area (Å²) < 4.78 is 1.72. The molecule has 24 heavy (non-hydrogen) atoms. The van der Waals surface area contributed by atoms with Gasteiger partial charge in [-0.25, -0.2) is 4.98 Å². The van der Waals surface area contributed by atoms with Crippen molar-refractivity contribution in [1.29, 1.82) is 5.26 Å². The average Bonchev–Trinajstić information content (AvgIpc) is 2.97. The number of aryl methyl sites for hydroxylation is 1. The third kappa shape index (κ3) is 2.87. The number of benzene rings is 1. The lowest BCUT2D eigenvalue weighted by Crippen LogP contribution is -2.17. The van der Waals surface area contributed by atoms with E-state index in [-0.39, 0.29) is 5.69 Å². The highest BCUT2D eigenvalue weighted by Gasteiger charge is 2.13. The van der Waals surface area contributed by atoms with Crippen molar-refractivity contribution in [1.82, 2.24) is 14.8 Å². The molecule has 1 aromatic carbocycles. The molecule has 0 atom stereocenters. The average molecular weight is 322 g/mol. The van der Waals surface area contributed by atoms with E-state index in [1.165, 1.54) is 12.1 Å². The molecule has 0 unspecified atom stereocenters. The van der Waals surface area contributed by atoms with E-state index < -0.39 is 4.92 Å². The zero-order valence-corrected chi connectivity index (χ0v) is 13.2. The van der Waals surface area contributed by atoms with Gasteiger partial charge in [0.2, 0.25) is 0 Å². The monoisotopic (exact) mass is 322 g/mol. The van der Waals surface area contributed by atoms with Gasteiger partial charge in [0.25, 0.3) is 5.69 Å². The normalized spacial score (nSPS) is 10.5. The minimum atomic E-state index is -0.483. The van der Waals surface area contributed by atoms with Crippen LogP contribution in [0.3, 0.4) is 0 Å². The molecular formula is C16H14N6O2. The Bertz CT molecular complexity index is 972. The summed E-state index contributed by atoms with van der Waals surface area (Å²) in [6.45, 7) is 0.587. The second-order valence-electron chi connectivity index (χ2n) is 5.48. The van der Waals surface area contributed by atoms with Gasteiger partial charge in [0.15, 0.2) is 0 Å². The molecule has 3 rings (SSSR count). The molecule has 0 fully saturated rings. The molecule has 0 amide bonds. The van der Waals surface area contributed by atoms with E-state index in [1.54, 1.807) is 23.0 Å². The van der Waals surface area contributed by atoms with Crippen LogP contribution in [0.5, 0.6) is 0 Å². The first kappa shape index (κ1) is 15.4. The number of nitrogens with zero attached hydrogens (tertiary/aromatic N) is 6. The minimum absolute atomic E-state index is 0.0581. The fourth-order valence-electron chi connectivity index (χ4n) is 2.51. The van der Waals surface area contributed by atoms with Gasteiger partial charge in [0, 0.05) is 49.9 Å². The molecule has 0 aliphatic rings. The molecule has 0 radical (unpaired) electrons. The summed E-state index contributed by atoms with van der Waals surface area (Å²) in [5.74, 6) is 0.622. The third-order valence-electron chi connectivity index (χ3n) is 3.68. The Morgan fingerprint density at radius 3 is 2.83 bits per heavy atom. The quantitative estimate of drug-likeness (QED) is 0.540. The van der Waals surface area contributed by atoms with Gasteiger partial charge in [-0.3, -0.25) is 14.8 Å². The van der Waals surface area contributed by atoms with Gasteiger partial charge in [-0.05, 0) is 12.1 Å². The number of hydrogen-bond acceptors (Lipinski definition) is 6. The highest BCUT2D eigenvalue weighted by Crippen LogP contribution is 2.26. The van der Waals surface area contributed by atoms with E-state index in [1.807, 2.05) is 25.2 Å². The number of non-ortho nitro benzene ring substituents is 1. The van der Waals surface area contributed by atoms with Crippen molar-refractivity contribution >= 4 is 22.4 Å². The summed E-state index contributed by atoms with van der Waals surface area (Å²) in [6, 6.07) is 8.07. The van der Waals surface area contributed by atoms with Crippen LogP contribution < -0.4 is 4.90 Å². The van der Waals surface area contributed by atoms with E-state index in [0.717, 1.165) is 5.56 Å². The summed E-state index contributed by atoms with van der Waals surface area (Å²) in [5.41, 5.74) is 1.87. The van der Waals surface area contributed by atoms with Crippen LogP contribution in [-0.2, 0) is 13.6 Å². The summed E-state index contributed by atoms with van der Waals surface area (Å²) in [7, 11) is 3.71. The Morgan fingerprint density at radius 1 is 1.42 bits per heavy atom. The maximum absolute atomic E-state index is 10.9. The van der Waals surface area contributed by atoms with Crippen molar-refractivity contribution in [3.63, 3.8) is 0 Å². The maximum Gasteiger partial charge on any atom is 0.270 e. The molecule has 2 aromatic heterocycles. The Kier molecular flexibility index (Phi) is 3.83. The summed E-state index contributed by atoms with van der Waals surface area (Å²) in [6.07, 6.45) is 3.68. The first-order valence-corrected chi connectivity index (χ1v) is 7.16. The van der Waals surface area contributed by atoms with Gasteiger partial charge in [-0.2, -0.15) is 10.4 Å². The van der Waals surface area contributed by atoms with Crippen molar-refractivity contribution in [2.24, 2.45) is 7.05 Å². The number of rotatable bonds is 4. The van der Waals surface area contributed by atoms with E-state index in [4.69, 9.17) is 0 Å². The van der Waals surface area contributed by atoms with Crippen LogP contribution in [0.25, 0.3) is 10.9 Å². The van der Waals surface area contributed by atoms with E-state index in [9.17, 15) is 15.4 Å². The van der Waals surface area contributed by atoms with Crippen LogP contribution in [0.15, 0.2) is 36.7 Å². The van der Waals surface area contributed by atoms with Crippen molar-refractivity contribution in [3.05, 3.63) is 57.9 Å². The molecule has 0 aliphatic heterocycles. The van der Waals surface area contributed by atoms with E-state index in [0.29, 0.717) is 28.8 Å². The molecule has 0 bridgehead atoms. The third-order valence-corrected chi connectivity index (χ3v) is 3.68. The molecule has 0 N–H and O–H groups in total. The molecule has 0 saturated carbocycles. The van der Waals surface area contributed by atoms with Crippen LogP contribution in [0.4, 0.5) is 11.5 Å². The largest absolute Gasteiger partial charge is 0.355 e. The number of aromatic nitrogens is 3. The zero-order valence-electron chi connectivity index (χ0n) is 13.2. The number of pyridine rings is 1. The molecule has 0 saturated heterocycles. The molecular weight excluding hydrogens is 308 g/mol. The van der Waals surface area contributed by atoms with Crippen molar-refractivity contribution in [3.8, 4) is 6.07 Å². The fourth-order valence-corrected chi connectivity index (χ4v) is 2.51. The van der Waals surface area contributed by atoms with Gasteiger partial charge in [-0.1, -0.05) is 0 Å². The highest BCUT2D eigenvalue weighted by molar-refractivity contribution is 5.88. The van der Waals surface area contributed by atoms with E-state index >= 15 is 0 Å². The molecule has 8 nitrogen and oxygen atoms in total. The van der Waals surface area contributed by atoms with Gasteiger partial charge < -0.3 is 4.90 Å². The number of nitro groups is 1. The lowest BCUT2D eigenvalue weighted by molar-refractivity contribution is -0.384. The second-order valence-corrected chi connectivity index (χ2v) is 5.48. The molecule has 120 valence electrons. The van der Waals surface area contributed by atoms with Gasteiger partial charge in [-0.15, -0.1) is 0 Å². The number of hydrogen-bond donors (Lipinski definition) is 0. The van der Waals surface area contributed by atoms with Crippen LogP contribution in [0.2, 0.25) is 0 Å². The van der Waals surface area contributed by atoms with E-state index in [2.05, 4.69) is 16.2 Å². The number of anilines is 1. The lowest BCUT2D eigenvalue weighted by atomic mass is 10.1. The van der Waals surface area contributed by atoms with Crippen molar-refractivity contribution in [2.75, 3.05) is 11.9 Å². The molecule has 2 heterocycles. The second kappa shape index (κ2) is 5.96. The zero-order chi connectivity index (χ0) is 17.3. The maximum atomic E-state index is 10.9. The SMILES string of the molecule is CN(Cc1cnn(C)c1)c1cc(C#N)c2cc([N+](=O)[O-])ccc2n1. The van der Waals surface area contributed by atoms with Crippen molar-refractivity contribution < 1.29 is 4.92 Å². The van der Waals surface area contributed by atoms with Crippen LogP contribution in [0.1, 0.15) is 11.1 Å². The van der Waals surface area contributed by atoms with Crippen molar-refractivity contribution in [2.45, 2.75) is 6.54 Å². The predicted octanol–water partition coefficient (Wildman–Crippen LogP) is 2.38. The standard InChI is InChI=1S/C16H14N6O2/c1-20(9-11-8-18-21(2)10-11)16-5-12(7-17)14-6-13(22(23)24)3-4-15(14)19-16/h3-6,8,10H,9H2,1-2H3. The molecule has 0 aliphatic carbocycles. The van der Waals surface area contributed by atoms with Gasteiger partial charge in [0.1, 0.15) is 5.82 Å². The topological polar surface area (TPSA) is 101 Å². The first-order valence-electron chi connectivity index (χ1n) is 7.16. The smallest absolute Gasteiger partial charge is 0.270 e. The fraction of sp³-hybridized carbons (Fsp3) is 0.188. The first-order chi connectivity index (χ1) is 11.5. The summed E-state index contributed by atoms with van der Waals surface area (Å²) >= 11 is 0. The molecule has 0 spiro atoms. The Morgan fingerprint density at radius 2 is 2.21 bits per heavy atom. The van der Waals surface area contributed by atoms with Crippen LogP contribution in [0, 0.1) is 21.4 Å². The summed E-state index contributed by atoms with van der Waals surface area (Å²) in [5, 5.41) is 24.9. The Balaban J connectivity index is 2.01. The van der Waals surface area contributed by atoms with Gasteiger partial charge in [0.05, 0.1) is 28.3 Å². The predicted molar refractivity (Wildman–Crippen MR) is 88.4 cm³/mol. The minimum Gasteiger partial charge on any atom is -0.355 e. The van der Waals surface area contributed by atoms with Crippen LogP contribution >= 0.6 is 0 Å². The molecule has 3 aromatic rings. The number of fused-ring (bicyclic) bond motifs is 1. The Hall–Kier alpha value is -3.47. The Labute approximate surface area is 137 Å².